The number of carbonyl (C=O) groups excluding carboxylic acids is 2. The summed E-state index contributed by atoms with van der Waals surface area (Å²) in [6.07, 6.45) is 0.936. The highest BCUT2D eigenvalue weighted by molar-refractivity contribution is 9.10. The van der Waals surface area contributed by atoms with E-state index in [4.69, 9.17) is 10.5 Å². The molecular formula is C21H24BrFN2O3. The first kappa shape index (κ1) is 21.9. The molecule has 0 aliphatic carbocycles. The van der Waals surface area contributed by atoms with Gasteiger partial charge in [0.2, 0.25) is 5.91 Å². The Kier molecular flexibility index (Phi) is 8.44. The molecule has 0 aromatic heterocycles. The zero-order chi connectivity index (χ0) is 20.5. The highest BCUT2D eigenvalue weighted by atomic mass is 79.9. The minimum Gasteiger partial charge on any atom is -0.446 e. The Morgan fingerprint density at radius 2 is 1.89 bits per heavy atom. The lowest BCUT2D eigenvalue weighted by Crippen LogP contribution is -2.43. The zero-order valence-electron chi connectivity index (χ0n) is 15.7. The van der Waals surface area contributed by atoms with Gasteiger partial charge in [-0.15, -0.1) is 0 Å². The van der Waals surface area contributed by atoms with E-state index in [9.17, 15) is 14.0 Å². The number of cyclic esters (lactones) is 1. The van der Waals surface area contributed by atoms with Gasteiger partial charge in [-0.2, -0.15) is 0 Å². The Bertz CT molecular complexity index is 771. The third kappa shape index (κ3) is 6.96. The van der Waals surface area contributed by atoms with Crippen molar-refractivity contribution in [2.45, 2.75) is 38.3 Å². The topological polar surface area (TPSA) is 72.6 Å². The van der Waals surface area contributed by atoms with E-state index in [1.54, 1.807) is 23.1 Å². The van der Waals surface area contributed by atoms with E-state index in [0.29, 0.717) is 13.0 Å². The van der Waals surface area contributed by atoms with Crippen molar-refractivity contribution in [3.8, 4) is 0 Å². The van der Waals surface area contributed by atoms with Crippen molar-refractivity contribution >= 4 is 27.9 Å². The maximum Gasteiger partial charge on any atom is 0.410 e. The van der Waals surface area contributed by atoms with Crippen LogP contribution in [0.15, 0.2) is 59.1 Å². The zero-order valence-corrected chi connectivity index (χ0v) is 17.3. The molecule has 2 aromatic carbocycles. The summed E-state index contributed by atoms with van der Waals surface area (Å²) in [5, 5.41) is 0. The van der Waals surface area contributed by atoms with Gasteiger partial charge in [0, 0.05) is 23.9 Å². The predicted molar refractivity (Wildman–Crippen MR) is 109 cm³/mol. The minimum absolute atomic E-state index is 0.0392. The first-order valence-corrected chi connectivity index (χ1v) is 9.87. The first-order valence-electron chi connectivity index (χ1n) is 9.08. The molecule has 2 amide bonds. The quantitative estimate of drug-likeness (QED) is 0.709. The van der Waals surface area contributed by atoms with Gasteiger partial charge in [0.05, 0.1) is 6.04 Å². The average Bonchev–Trinajstić information content (AvgIpc) is 2.68. The third-order valence-corrected chi connectivity index (χ3v) is 4.99. The van der Waals surface area contributed by atoms with Crippen LogP contribution < -0.4 is 5.73 Å². The van der Waals surface area contributed by atoms with Gasteiger partial charge in [0.1, 0.15) is 11.9 Å². The molecule has 2 atom stereocenters. The summed E-state index contributed by atoms with van der Waals surface area (Å²) in [5.41, 5.74) is 6.18. The van der Waals surface area contributed by atoms with Gasteiger partial charge in [0.15, 0.2) is 0 Å². The molecule has 3 rings (SSSR count). The average molecular weight is 451 g/mol. The van der Waals surface area contributed by atoms with E-state index in [1.165, 1.54) is 12.1 Å². The number of benzene rings is 2. The second kappa shape index (κ2) is 10.8. The van der Waals surface area contributed by atoms with Gasteiger partial charge in [-0.3, -0.25) is 4.79 Å². The van der Waals surface area contributed by atoms with Gasteiger partial charge in [0.25, 0.3) is 0 Å². The number of nitrogens with zero attached hydrogens (tertiary/aromatic N) is 1. The number of halogens is 2. The molecule has 28 heavy (non-hydrogen) atoms. The molecule has 7 heteroatoms. The highest BCUT2D eigenvalue weighted by Gasteiger charge is 2.30. The van der Waals surface area contributed by atoms with Crippen molar-refractivity contribution in [3.63, 3.8) is 0 Å². The largest absolute Gasteiger partial charge is 0.446 e. The molecule has 1 saturated heterocycles. The summed E-state index contributed by atoms with van der Waals surface area (Å²) >= 11 is 3.40. The molecule has 5 nitrogen and oxygen atoms in total. The van der Waals surface area contributed by atoms with Gasteiger partial charge in [-0.25, -0.2) is 9.18 Å². The van der Waals surface area contributed by atoms with Crippen LogP contribution >= 0.6 is 15.9 Å². The molecule has 150 valence electrons. The van der Waals surface area contributed by atoms with Crippen LogP contribution in [-0.2, 0) is 9.53 Å². The molecule has 0 saturated carbocycles. The summed E-state index contributed by atoms with van der Waals surface area (Å²) in [4.78, 5) is 24.6. The van der Waals surface area contributed by atoms with Crippen LogP contribution in [0, 0.1) is 5.82 Å². The summed E-state index contributed by atoms with van der Waals surface area (Å²) in [5.74, 6) is -0.542. The normalized spacial score (nSPS) is 17.2. The van der Waals surface area contributed by atoms with E-state index >= 15 is 0 Å². The predicted octanol–water partition coefficient (Wildman–Crippen LogP) is 4.81. The Labute approximate surface area is 172 Å². The fraction of sp³-hybridized carbons (Fsp3) is 0.333. The fourth-order valence-corrected chi connectivity index (χ4v) is 3.10. The standard InChI is InChI=1S/C15H19BrN2O3.C6H5F/c1-10(11-2-4-12(16)5-3-11)18-9-8-13(21-15(18)20)6-7-14(17)19;7-6-4-2-1-3-5-6/h2-5,10,13H,6-9H2,1H3,(H2,17,19);1-5H. The second-order valence-electron chi connectivity index (χ2n) is 6.52. The Morgan fingerprint density at radius 1 is 1.25 bits per heavy atom. The number of ether oxygens (including phenoxy) is 1. The number of carbonyl (C=O) groups is 2. The van der Waals surface area contributed by atoms with Crippen LogP contribution in [-0.4, -0.2) is 29.5 Å². The lowest BCUT2D eigenvalue weighted by atomic mass is 10.0. The van der Waals surface area contributed by atoms with E-state index in [0.717, 1.165) is 16.5 Å². The number of hydrogen-bond acceptors (Lipinski definition) is 3. The Balaban J connectivity index is 0.000000336. The third-order valence-electron chi connectivity index (χ3n) is 4.46. The molecular weight excluding hydrogens is 427 g/mol. The van der Waals surface area contributed by atoms with E-state index < -0.39 is 0 Å². The summed E-state index contributed by atoms with van der Waals surface area (Å²) < 4.78 is 18.3. The molecule has 0 radical (unpaired) electrons. The first-order chi connectivity index (χ1) is 13.4. The number of amides is 2. The van der Waals surface area contributed by atoms with Crippen molar-refractivity contribution in [1.29, 1.82) is 0 Å². The lowest BCUT2D eigenvalue weighted by molar-refractivity contribution is -0.118. The molecule has 0 spiro atoms. The van der Waals surface area contributed by atoms with Crippen LogP contribution in [0.2, 0.25) is 0 Å². The van der Waals surface area contributed by atoms with Crippen molar-refractivity contribution in [3.05, 3.63) is 70.5 Å². The maximum atomic E-state index is 12.1. The monoisotopic (exact) mass is 450 g/mol. The summed E-state index contributed by atoms with van der Waals surface area (Å²) in [6.45, 7) is 2.60. The molecule has 2 aromatic rings. The number of rotatable bonds is 5. The van der Waals surface area contributed by atoms with Crippen molar-refractivity contribution in [2.75, 3.05) is 6.54 Å². The van der Waals surface area contributed by atoms with Crippen molar-refractivity contribution < 1.29 is 18.7 Å². The van der Waals surface area contributed by atoms with Gasteiger partial charge < -0.3 is 15.4 Å². The molecule has 2 N–H and O–H groups in total. The summed E-state index contributed by atoms with van der Waals surface area (Å²) in [7, 11) is 0. The minimum atomic E-state index is -0.364. The van der Waals surface area contributed by atoms with Crippen LogP contribution in [0.4, 0.5) is 9.18 Å². The molecule has 1 aliphatic heterocycles. The van der Waals surface area contributed by atoms with Gasteiger partial charge >= 0.3 is 6.09 Å². The smallest absolute Gasteiger partial charge is 0.410 e. The van der Waals surface area contributed by atoms with Crippen molar-refractivity contribution in [2.24, 2.45) is 5.73 Å². The van der Waals surface area contributed by atoms with Crippen LogP contribution in [0.3, 0.4) is 0 Å². The van der Waals surface area contributed by atoms with Crippen LogP contribution in [0.5, 0.6) is 0 Å². The molecule has 1 fully saturated rings. The number of hydrogen-bond donors (Lipinski definition) is 1. The van der Waals surface area contributed by atoms with Crippen LogP contribution in [0.25, 0.3) is 0 Å². The highest BCUT2D eigenvalue weighted by Crippen LogP contribution is 2.27. The second-order valence-corrected chi connectivity index (χ2v) is 7.43. The Hall–Kier alpha value is -2.41. The van der Waals surface area contributed by atoms with Crippen LogP contribution in [0.1, 0.15) is 37.8 Å². The number of primary amides is 1. The van der Waals surface area contributed by atoms with Gasteiger partial charge in [-0.05, 0) is 43.2 Å². The lowest BCUT2D eigenvalue weighted by Gasteiger charge is -2.35. The molecule has 2 unspecified atom stereocenters. The molecule has 0 bridgehead atoms. The fourth-order valence-electron chi connectivity index (χ4n) is 2.84. The molecule has 1 heterocycles. The van der Waals surface area contributed by atoms with E-state index in [-0.39, 0.29) is 36.4 Å². The maximum absolute atomic E-state index is 12.1. The number of nitrogens with two attached hydrogens (primary N) is 1. The molecule has 1 aliphatic rings. The Morgan fingerprint density at radius 3 is 2.39 bits per heavy atom. The SMILES string of the molecule is CC(c1ccc(Br)cc1)N1CCC(CCC(N)=O)OC1=O.Fc1ccccc1. The summed E-state index contributed by atoms with van der Waals surface area (Å²) in [6, 6.07) is 15.8. The van der Waals surface area contributed by atoms with Crippen molar-refractivity contribution in [1.82, 2.24) is 4.90 Å². The van der Waals surface area contributed by atoms with E-state index in [2.05, 4.69) is 15.9 Å². The van der Waals surface area contributed by atoms with Gasteiger partial charge in [-0.1, -0.05) is 46.3 Å². The van der Waals surface area contributed by atoms with E-state index in [1.807, 2.05) is 31.2 Å².